The predicted molar refractivity (Wildman–Crippen MR) is 105 cm³/mol. The first kappa shape index (κ1) is 19.0. The predicted octanol–water partition coefficient (Wildman–Crippen LogP) is 4.34. The fourth-order valence-corrected chi connectivity index (χ4v) is 4.51. The van der Waals surface area contributed by atoms with Crippen LogP contribution in [0.1, 0.15) is 57.9 Å². The van der Waals surface area contributed by atoms with Crippen molar-refractivity contribution in [3.8, 4) is 0 Å². The van der Waals surface area contributed by atoms with E-state index in [9.17, 15) is 9.59 Å². The highest BCUT2D eigenvalue weighted by Crippen LogP contribution is 2.31. The summed E-state index contributed by atoms with van der Waals surface area (Å²) >= 11 is 1.57. The van der Waals surface area contributed by atoms with Crippen LogP contribution < -0.4 is 5.56 Å². The Labute approximate surface area is 158 Å². The lowest BCUT2D eigenvalue weighted by Gasteiger charge is -2.26. The first-order valence-corrected chi connectivity index (χ1v) is 10.5. The van der Waals surface area contributed by atoms with Gasteiger partial charge in [0.1, 0.15) is 0 Å². The number of esters is 1. The van der Waals surface area contributed by atoms with Gasteiger partial charge in [0.25, 0.3) is 5.56 Å². The van der Waals surface area contributed by atoms with Gasteiger partial charge in [0.2, 0.25) is 0 Å². The van der Waals surface area contributed by atoms with Crippen molar-refractivity contribution in [3.05, 3.63) is 34.6 Å². The molecule has 0 N–H and O–H groups in total. The molecule has 3 rings (SSSR count). The molecule has 0 radical (unpaired) electrons. The van der Waals surface area contributed by atoms with Crippen LogP contribution in [0.15, 0.2) is 34.2 Å². The summed E-state index contributed by atoms with van der Waals surface area (Å²) in [6, 6.07) is 7.79. The highest BCUT2D eigenvalue weighted by atomic mass is 32.2. The van der Waals surface area contributed by atoms with Gasteiger partial charge in [0.05, 0.1) is 17.5 Å². The van der Waals surface area contributed by atoms with Crippen LogP contribution in [0.2, 0.25) is 0 Å². The second kappa shape index (κ2) is 9.21. The number of rotatable bonds is 7. The van der Waals surface area contributed by atoms with E-state index < -0.39 is 0 Å². The van der Waals surface area contributed by atoms with Gasteiger partial charge in [0.15, 0.2) is 5.16 Å². The molecule has 140 valence electrons. The van der Waals surface area contributed by atoms with Crippen LogP contribution in [-0.2, 0) is 9.53 Å². The SMILES string of the molecule is CCOC(=O)CCCSc1nc2ccccc2c(=O)n1C1CCCCC1. The third kappa shape index (κ3) is 4.47. The van der Waals surface area contributed by atoms with Gasteiger partial charge in [-0.2, -0.15) is 0 Å². The Morgan fingerprint density at radius 2 is 2.04 bits per heavy atom. The number of nitrogens with zero attached hydrogens (tertiary/aromatic N) is 2. The molecule has 0 saturated heterocycles. The van der Waals surface area contributed by atoms with Gasteiger partial charge >= 0.3 is 5.97 Å². The number of hydrogen-bond donors (Lipinski definition) is 0. The second-order valence-corrected chi connectivity index (χ2v) is 7.70. The van der Waals surface area contributed by atoms with E-state index in [0.717, 1.165) is 48.5 Å². The molecule has 0 unspecified atom stereocenters. The van der Waals surface area contributed by atoms with Crippen molar-refractivity contribution in [2.24, 2.45) is 0 Å². The van der Waals surface area contributed by atoms with Crippen molar-refractivity contribution in [3.63, 3.8) is 0 Å². The van der Waals surface area contributed by atoms with E-state index in [1.54, 1.807) is 11.8 Å². The molecule has 0 aliphatic heterocycles. The third-order valence-corrected chi connectivity index (χ3v) is 5.82. The lowest BCUT2D eigenvalue weighted by Crippen LogP contribution is -2.29. The van der Waals surface area contributed by atoms with Crippen LogP contribution >= 0.6 is 11.8 Å². The topological polar surface area (TPSA) is 61.2 Å². The quantitative estimate of drug-likeness (QED) is 0.312. The van der Waals surface area contributed by atoms with Gasteiger partial charge in [-0.3, -0.25) is 14.2 Å². The molecule has 1 aliphatic carbocycles. The maximum absolute atomic E-state index is 13.1. The minimum Gasteiger partial charge on any atom is -0.466 e. The fraction of sp³-hybridized carbons (Fsp3) is 0.550. The zero-order valence-corrected chi connectivity index (χ0v) is 16.1. The minimum absolute atomic E-state index is 0.0652. The molecule has 1 aliphatic rings. The fourth-order valence-electron chi connectivity index (χ4n) is 3.50. The smallest absolute Gasteiger partial charge is 0.305 e. The molecule has 5 nitrogen and oxygen atoms in total. The maximum atomic E-state index is 13.1. The number of para-hydroxylation sites is 1. The van der Waals surface area contributed by atoms with E-state index in [2.05, 4.69) is 0 Å². The number of carbonyl (C=O) groups is 1. The van der Waals surface area contributed by atoms with E-state index >= 15 is 0 Å². The summed E-state index contributed by atoms with van der Waals surface area (Å²) in [4.78, 5) is 29.4. The summed E-state index contributed by atoms with van der Waals surface area (Å²) in [5.74, 6) is 0.584. The Morgan fingerprint density at radius 1 is 1.27 bits per heavy atom. The Kier molecular flexibility index (Phi) is 6.72. The summed E-state index contributed by atoms with van der Waals surface area (Å²) in [6.45, 7) is 2.23. The number of thioether (sulfide) groups is 1. The van der Waals surface area contributed by atoms with E-state index in [0.29, 0.717) is 18.4 Å². The molecule has 0 spiro atoms. The summed E-state index contributed by atoms with van der Waals surface area (Å²) in [6.07, 6.45) is 6.77. The average molecular weight is 375 g/mol. The van der Waals surface area contributed by atoms with Gasteiger partial charge in [-0.1, -0.05) is 43.2 Å². The number of carbonyl (C=O) groups excluding carboxylic acids is 1. The van der Waals surface area contributed by atoms with Gasteiger partial charge in [-0.25, -0.2) is 4.98 Å². The summed E-state index contributed by atoms with van der Waals surface area (Å²) < 4.78 is 6.88. The van der Waals surface area contributed by atoms with Crippen molar-refractivity contribution >= 4 is 28.6 Å². The van der Waals surface area contributed by atoms with E-state index in [1.807, 2.05) is 35.8 Å². The normalized spacial score (nSPS) is 15.3. The maximum Gasteiger partial charge on any atom is 0.305 e. The Balaban J connectivity index is 1.82. The Bertz CT molecular complexity index is 812. The summed E-state index contributed by atoms with van der Waals surface area (Å²) in [5, 5.41) is 1.47. The first-order valence-electron chi connectivity index (χ1n) is 9.50. The monoisotopic (exact) mass is 374 g/mol. The molecule has 1 aromatic carbocycles. The van der Waals surface area contributed by atoms with Crippen LogP contribution in [0.3, 0.4) is 0 Å². The molecule has 6 heteroatoms. The molecule has 1 heterocycles. The van der Waals surface area contributed by atoms with Crippen molar-refractivity contribution in [2.75, 3.05) is 12.4 Å². The standard InChI is InChI=1S/C20H26N2O3S/c1-2-25-18(23)13-8-14-26-20-21-17-12-7-6-11-16(17)19(24)22(20)15-9-4-3-5-10-15/h6-7,11-12,15H,2-5,8-10,13-14H2,1H3. The van der Waals surface area contributed by atoms with Crippen molar-refractivity contribution in [1.29, 1.82) is 0 Å². The number of benzene rings is 1. The van der Waals surface area contributed by atoms with Crippen LogP contribution in [0, 0.1) is 0 Å². The highest BCUT2D eigenvalue weighted by molar-refractivity contribution is 7.99. The van der Waals surface area contributed by atoms with E-state index in [-0.39, 0.29) is 17.6 Å². The van der Waals surface area contributed by atoms with Gasteiger partial charge < -0.3 is 4.74 Å². The summed E-state index contributed by atoms with van der Waals surface area (Å²) in [7, 11) is 0. The molecular weight excluding hydrogens is 348 g/mol. The highest BCUT2D eigenvalue weighted by Gasteiger charge is 2.21. The van der Waals surface area contributed by atoms with Crippen molar-refractivity contribution < 1.29 is 9.53 Å². The number of hydrogen-bond acceptors (Lipinski definition) is 5. The molecule has 0 bridgehead atoms. The summed E-state index contributed by atoms with van der Waals surface area (Å²) in [5.41, 5.74) is 0.813. The molecule has 0 amide bonds. The molecule has 1 fully saturated rings. The molecule has 26 heavy (non-hydrogen) atoms. The lowest BCUT2D eigenvalue weighted by atomic mass is 9.95. The lowest BCUT2D eigenvalue weighted by molar-refractivity contribution is -0.143. The third-order valence-electron chi connectivity index (χ3n) is 4.78. The number of aromatic nitrogens is 2. The largest absolute Gasteiger partial charge is 0.466 e. The van der Waals surface area contributed by atoms with Gasteiger partial charge in [-0.05, 0) is 38.3 Å². The van der Waals surface area contributed by atoms with Crippen LogP contribution in [-0.4, -0.2) is 27.9 Å². The van der Waals surface area contributed by atoms with Crippen LogP contribution in [0.25, 0.3) is 10.9 Å². The van der Waals surface area contributed by atoms with Crippen LogP contribution in [0.4, 0.5) is 0 Å². The zero-order valence-electron chi connectivity index (χ0n) is 15.3. The molecule has 1 aromatic heterocycles. The molecule has 1 saturated carbocycles. The van der Waals surface area contributed by atoms with Gasteiger partial charge in [0, 0.05) is 18.2 Å². The van der Waals surface area contributed by atoms with Gasteiger partial charge in [-0.15, -0.1) is 0 Å². The zero-order chi connectivity index (χ0) is 18.4. The Morgan fingerprint density at radius 3 is 2.81 bits per heavy atom. The molecule has 0 atom stereocenters. The van der Waals surface area contributed by atoms with Crippen LogP contribution in [0.5, 0.6) is 0 Å². The average Bonchev–Trinajstić information content (AvgIpc) is 2.66. The molecule has 2 aromatic rings. The van der Waals surface area contributed by atoms with Crippen molar-refractivity contribution in [2.45, 2.75) is 63.1 Å². The first-order chi connectivity index (χ1) is 12.7. The Hall–Kier alpha value is -1.82. The molecular formula is C20H26N2O3S. The van der Waals surface area contributed by atoms with Crippen molar-refractivity contribution in [1.82, 2.24) is 9.55 Å². The van der Waals surface area contributed by atoms with E-state index in [4.69, 9.17) is 9.72 Å². The minimum atomic E-state index is -0.163. The second-order valence-electron chi connectivity index (χ2n) is 6.64. The number of fused-ring (bicyclic) bond motifs is 1. The van der Waals surface area contributed by atoms with E-state index in [1.165, 1.54) is 6.42 Å². The number of ether oxygens (including phenoxy) is 1.